The summed E-state index contributed by atoms with van der Waals surface area (Å²) >= 11 is 11.9. The minimum atomic E-state index is -4.89. The molecule has 0 fully saturated rings. The zero-order chi connectivity index (χ0) is 18.7. The molecule has 9 heteroatoms. The minimum Gasteiger partial charge on any atom is -0.491 e. The lowest BCUT2D eigenvalue weighted by molar-refractivity contribution is -0.187. The van der Waals surface area contributed by atoms with Crippen LogP contribution in [0.1, 0.15) is 26.3 Å². The number of aliphatic carboxylic acids is 1. The van der Waals surface area contributed by atoms with Gasteiger partial charge in [-0.25, -0.2) is 4.79 Å². The predicted octanol–water partition coefficient (Wildman–Crippen LogP) is 5.21. The van der Waals surface area contributed by atoms with Crippen LogP contribution in [0.5, 0.6) is 11.5 Å². The Morgan fingerprint density at radius 3 is 2.42 bits per heavy atom. The highest BCUT2D eigenvalue weighted by atomic mass is 35.5. The van der Waals surface area contributed by atoms with Gasteiger partial charge in [-0.15, -0.1) is 0 Å². The van der Waals surface area contributed by atoms with E-state index in [-0.39, 0.29) is 33.7 Å². The third-order valence-electron chi connectivity index (χ3n) is 2.84. The molecule has 0 radical (unpaired) electrons. The molecule has 0 aromatic heterocycles. The normalized spacial score (nSPS) is 16.2. The maximum atomic E-state index is 12.9. The fraction of sp³-hybridized carbons (Fsp3) is 0.400. The first-order chi connectivity index (χ1) is 11.2. The molecular formula is C15H15Cl2F3O4. The molecule has 1 aliphatic heterocycles. The van der Waals surface area contributed by atoms with Crippen LogP contribution in [0, 0.1) is 0 Å². The molecule has 0 saturated heterocycles. The van der Waals surface area contributed by atoms with Gasteiger partial charge < -0.3 is 14.6 Å². The van der Waals surface area contributed by atoms with Gasteiger partial charge in [0.25, 0.3) is 0 Å². The number of ether oxygens (including phenoxy) is 2. The summed E-state index contributed by atoms with van der Waals surface area (Å²) in [5.41, 5.74) is -0.987. The van der Waals surface area contributed by atoms with E-state index in [1.165, 1.54) is 0 Å². The summed E-state index contributed by atoms with van der Waals surface area (Å²) in [6.07, 6.45) is -6.66. The number of rotatable bonds is 3. The number of carboxylic acids is 1. The van der Waals surface area contributed by atoms with E-state index in [1.807, 2.05) is 13.8 Å². The Labute approximate surface area is 146 Å². The Morgan fingerprint density at radius 1 is 1.38 bits per heavy atom. The van der Waals surface area contributed by atoms with Crippen LogP contribution in [0.4, 0.5) is 13.2 Å². The highest BCUT2D eigenvalue weighted by molar-refractivity contribution is 6.38. The second-order valence-electron chi connectivity index (χ2n) is 4.29. The van der Waals surface area contributed by atoms with E-state index in [0.29, 0.717) is 0 Å². The van der Waals surface area contributed by atoms with E-state index in [4.69, 9.17) is 37.8 Å². The second kappa shape index (κ2) is 7.98. The first-order valence-electron chi connectivity index (χ1n) is 6.99. The average molecular weight is 387 g/mol. The number of hydrogen-bond donors (Lipinski definition) is 1. The monoisotopic (exact) mass is 386 g/mol. The Bertz CT molecular complexity index is 657. The molecular weight excluding hydrogens is 372 g/mol. The third-order valence-corrected chi connectivity index (χ3v) is 3.49. The first kappa shape index (κ1) is 20.4. The summed E-state index contributed by atoms with van der Waals surface area (Å²) in [5, 5.41) is 8.83. The lowest BCUT2D eigenvalue weighted by Crippen LogP contribution is -2.40. The predicted molar refractivity (Wildman–Crippen MR) is 85.1 cm³/mol. The summed E-state index contributed by atoms with van der Waals surface area (Å²) in [4.78, 5) is 11.1. The smallest absolute Gasteiger partial charge is 0.430 e. The summed E-state index contributed by atoms with van der Waals surface area (Å²) in [5.74, 6) is -1.96. The first-order valence-corrected chi connectivity index (χ1v) is 7.75. The van der Waals surface area contributed by atoms with E-state index < -0.39 is 23.8 Å². The van der Waals surface area contributed by atoms with Gasteiger partial charge in [-0.1, -0.05) is 37.0 Å². The minimum absolute atomic E-state index is 0.0209. The molecule has 2 rings (SSSR count). The molecule has 1 aromatic carbocycles. The van der Waals surface area contributed by atoms with Crippen molar-refractivity contribution in [1.82, 2.24) is 0 Å². The van der Waals surface area contributed by atoms with E-state index in [2.05, 4.69) is 0 Å². The maximum Gasteiger partial charge on any atom is 0.430 e. The fourth-order valence-corrected chi connectivity index (χ4v) is 2.54. The number of carboxylic acid groups (broad SMARTS) is 1. The third kappa shape index (κ3) is 4.08. The second-order valence-corrected chi connectivity index (χ2v) is 5.08. The Kier molecular flexibility index (Phi) is 6.80. The van der Waals surface area contributed by atoms with Crippen LogP contribution in [0.3, 0.4) is 0 Å². The van der Waals surface area contributed by atoms with Crippen LogP contribution in [0.15, 0.2) is 11.6 Å². The van der Waals surface area contributed by atoms with Crippen LogP contribution in [0.25, 0.3) is 6.08 Å². The topological polar surface area (TPSA) is 55.8 Å². The van der Waals surface area contributed by atoms with E-state index in [0.717, 1.165) is 12.1 Å². The maximum absolute atomic E-state index is 12.9. The number of hydrogen-bond acceptors (Lipinski definition) is 3. The number of alkyl halides is 3. The summed E-state index contributed by atoms with van der Waals surface area (Å²) < 4.78 is 48.8. The van der Waals surface area contributed by atoms with Gasteiger partial charge in [-0.05, 0) is 13.0 Å². The van der Waals surface area contributed by atoms with Crippen LogP contribution < -0.4 is 9.47 Å². The average Bonchev–Trinajstić information content (AvgIpc) is 2.51. The van der Waals surface area contributed by atoms with E-state index >= 15 is 0 Å². The van der Waals surface area contributed by atoms with Crippen LogP contribution in [-0.4, -0.2) is 30.0 Å². The molecule has 0 spiro atoms. The van der Waals surface area contributed by atoms with Gasteiger partial charge in [-0.2, -0.15) is 13.2 Å². The Hall–Kier alpha value is -1.60. The van der Waals surface area contributed by atoms with Crippen molar-refractivity contribution in [3.8, 4) is 11.5 Å². The molecule has 4 nitrogen and oxygen atoms in total. The quantitative estimate of drug-likeness (QED) is 0.774. The number of benzene rings is 1. The number of halogens is 5. The van der Waals surface area contributed by atoms with Crippen molar-refractivity contribution in [1.29, 1.82) is 0 Å². The van der Waals surface area contributed by atoms with Crippen molar-refractivity contribution in [3.63, 3.8) is 0 Å². The molecule has 1 N–H and O–H groups in total. The SMILES string of the molecule is CC.CCOc1c(Cl)cc2c(c1Cl)C=C(C(=O)O)C(C(F)(F)F)O2. The van der Waals surface area contributed by atoms with Crippen LogP contribution in [0.2, 0.25) is 10.0 Å². The summed E-state index contributed by atoms with van der Waals surface area (Å²) in [6.45, 7) is 5.89. The van der Waals surface area contributed by atoms with Gasteiger partial charge in [0, 0.05) is 11.6 Å². The molecule has 1 aliphatic rings. The van der Waals surface area contributed by atoms with Crippen LogP contribution >= 0.6 is 23.2 Å². The summed E-state index contributed by atoms with van der Waals surface area (Å²) in [6, 6.07) is 1.11. The summed E-state index contributed by atoms with van der Waals surface area (Å²) in [7, 11) is 0. The Morgan fingerprint density at radius 2 is 1.96 bits per heavy atom. The molecule has 0 aliphatic carbocycles. The van der Waals surface area contributed by atoms with Gasteiger partial charge in [0.05, 0.1) is 22.2 Å². The highest BCUT2D eigenvalue weighted by Crippen LogP contribution is 2.46. The van der Waals surface area contributed by atoms with Crippen molar-refractivity contribution in [2.75, 3.05) is 6.61 Å². The van der Waals surface area contributed by atoms with E-state index in [1.54, 1.807) is 6.92 Å². The largest absolute Gasteiger partial charge is 0.491 e. The lowest BCUT2D eigenvalue weighted by atomic mass is 10.0. The molecule has 0 bridgehead atoms. The molecule has 1 atom stereocenters. The highest BCUT2D eigenvalue weighted by Gasteiger charge is 2.48. The van der Waals surface area contributed by atoms with Crippen molar-refractivity contribution in [3.05, 3.63) is 27.2 Å². The molecule has 1 aromatic rings. The zero-order valence-corrected chi connectivity index (χ0v) is 14.5. The van der Waals surface area contributed by atoms with Gasteiger partial charge in [0.1, 0.15) is 5.75 Å². The standard InChI is InChI=1S/C13H9Cl2F3O4.C2H6/c1-2-21-10-7(14)4-8-5(9(10)15)3-6(12(19)20)11(22-8)13(16,17)18;1-2/h3-4,11H,2H2,1H3,(H,19,20);1-2H3. The Balaban J connectivity index is 0.00000139. The number of carbonyl (C=O) groups is 1. The fourth-order valence-electron chi connectivity index (χ4n) is 1.94. The molecule has 0 saturated carbocycles. The van der Waals surface area contributed by atoms with E-state index in [9.17, 15) is 18.0 Å². The molecule has 1 heterocycles. The van der Waals surface area contributed by atoms with Crippen molar-refractivity contribution in [2.24, 2.45) is 0 Å². The van der Waals surface area contributed by atoms with Gasteiger partial charge >= 0.3 is 12.1 Å². The van der Waals surface area contributed by atoms with Crippen molar-refractivity contribution in [2.45, 2.75) is 33.1 Å². The number of fused-ring (bicyclic) bond motifs is 1. The molecule has 1 unspecified atom stereocenters. The lowest BCUT2D eigenvalue weighted by Gasteiger charge is -2.28. The van der Waals surface area contributed by atoms with Crippen molar-refractivity contribution < 1.29 is 32.5 Å². The molecule has 24 heavy (non-hydrogen) atoms. The van der Waals surface area contributed by atoms with Crippen LogP contribution in [-0.2, 0) is 4.79 Å². The van der Waals surface area contributed by atoms with Gasteiger partial charge in [0.2, 0.25) is 6.10 Å². The molecule has 0 amide bonds. The van der Waals surface area contributed by atoms with Crippen molar-refractivity contribution >= 4 is 35.2 Å². The zero-order valence-electron chi connectivity index (χ0n) is 13.0. The molecule has 134 valence electrons. The van der Waals surface area contributed by atoms with Gasteiger partial charge in [0.15, 0.2) is 5.75 Å². The van der Waals surface area contributed by atoms with Gasteiger partial charge in [-0.3, -0.25) is 0 Å².